The third-order valence-corrected chi connectivity index (χ3v) is 3.93. The molecule has 0 atom stereocenters. The first-order valence-corrected chi connectivity index (χ1v) is 7.82. The van der Waals surface area contributed by atoms with E-state index < -0.39 is 0 Å². The quantitative estimate of drug-likeness (QED) is 0.608. The molecular formula is C18H24N2O2. The Morgan fingerprint density at radius 1 is 1.23 bits per heavy atom. The molecular weight excluding hydrogens is 276 g/mol. The minimum absolute atomic E-state index is 0.169. The number of hydrogen-bond donors (Lipinski definition) is 0. The Labute approximate surface area is 131 Å². The Morgan fingerprint density at radius 2 is 1.95 bits per heavy atom. The molecule has 0 fully saturated rings. The van der Waals surface area contributed by atoms with E-state index in [2.05, 4.69) is 13.0 Å². The SMILES string of the molecule is CCCCCc1ccc2c(c1)c(=O)c(C(C)=O)cn2N(C)C. The lowest BCUT2D eigenvalue weighted by molar-refractivity contribution is 0.101. The Hall–Kier alpha value is -2.10. The molecule has 2 aromatic rings. The summed E-state index contributed by atoms with van der Waals surface area (Å²) in [5.41, 5.74) is 2.06. The summed E-state index contributed by atoms with van der Waals surface area (Å²) in [6.45, 7) is 3.61. The molecule has 4 nitrogen and oxygen atoms in total. The maximum absolute atomic E-state index is 12.6. The number of hydrogen-bond acceptors (Lipinski definition) is 3. The molecule has 0 saturated heterocycles. The van der Waals surface area contributed by atoms with Crippen LogP contribution in [0.1, 0.15) is 49.0 Å². The number of aryl methyl sites for hydroxylation is 1. The second-order valence-electron chi connectivity index (χ2n) is 5.93. The molecule has 118 valence electrons. The molecule has 0 N–H and O–H groups in total. The molecule has 0 spiro atoms. The van der Waals surface area contributed by atoms with Crippen LogP contribution in [0.2, 0.25) is 0 Å². The highest BCUT2D eigenvalue weighted by molar-refractivity contribution is 5.97. The van der Waals surface area contributed by atoms with Gasteiger partial charge in [-0.1, -0.05) is 25.8 Å². The molecule has 0 aliphatic rings. The van der Waals surface area contributed by atoms with E-state index in [1.165, 1.54) is 19.8 Å². The summed E-state index contributed by atoms with van der Waals surface area (Å²) in [7, 11) is 3.78. The normalized spacial score (nSPS) is 10.9. The number of pyridine rings is 1. The number of carbonyl (C=O) groups excluding carboxylic acids is 1. The van der Waals surface area contributed by atoms with Gasteiger partial charge in [0.1, 0.15) is 0 Å². The number of Topliss-reactive ketones (excluding diaryl/α,β-unsaturated/α-hetero) is 1. The minimum atomic E-state index is -0.195. The molecule has 2 rings (SSSR count). The summed E-state index contributed by atoms with van der Waals surface area (Å²) in [6, 6.07) is 5.99. The molecule has 0 saturated carbocycles. The van der Waals surface area contributed by atoms with Crippen molar-refractivity contribution in [3.05, 3.63) is 45.7 Å². The third-order valence-electron chi connectivity index (χ3n) is 3.93. The fourth-order valence-electron chi connectivity index (χ4n) is 2.68. The molecule has 1 aromatic heterocycles. The second kappa shape index (κ2) is 6.77. The molecule has 4 heteroatoms. The van der Waals surface area contributed by atoms with Gasteiger partial charge in [0, 0.05) is 25.7 Å². The highest BCUT2D eigenvalue weighted by Gasteiger charge is 2.13. The van der Waals surface area contributed by atoms with Crippen molar-refractivity contribution >= 4 is 16.7 Å². The van der Waals surface area contributed by atoms with Gasteiger partial charge >= 0.3 is 0 Å². The molecule has 1 heterocycles. The topological polar surface area (TPSA) is 42.3 Å². The number of nitrogens with zero attached hydrogens (tertiary/aromatic N) is 2. The van der Waals surface area contributed by atoms with Gasteiger partial charge in [0.05, 0.1) is 11.1 Å². The van der Waals surface area contributed by atoms with E-state index in [0.29, 0.717) is 5.39 Å². The van der Waals surface area contributed by atoms with Gasteiger partial charge < -0.3 is 5.01 Å². The summed E-state index contributed by atoms with van der Waals surface area (Å²) < 4.78 is 1.85. The summed E-state index contributed by atoms with van der Waals surface area (Å²) in [6.07, 6.45) is 6.08. The fourth-order valence-corrected chi connectivity index (χ4v) is 2.68. The first kappa shape index (κ1) is 16.3. The maximum Gasteiger partial charge on any atom is 0.200 e. The molecule has 0 unspecified atom stereocenters. The summed E-state index contributed by atoms with van der Waals surface area (Å²) in [4.78, 5) is 24.3. The highest BCUT2D eigenvalue weighted by Crippen LogP contribution is 2.16. The van der Waals surface area contributed by atoms with Crippen molar-refractivity contribution in [2.75, 3.05) is 19.1 Å². The van der Waals surface area contributed by atoms with Crippen LogP contribution in [0.4, 0.5) is 0 Å². The first-order valence-electron chi connectivity index (χ1n) is 7.82. The lowest BCUT2D eigenvalue weighted by atomic mass is 10.0. The van der Waals surface area contributed by atoms with Crippen LogP contribution in [0.5, 0.6) is 0 Å². The largest absolute Gasteiger partial charge is 0.319 e. The zero-order valence-electron chi connectivity index (χ0n) is 13.8. The number of ketones is 1. The standard InChI is InChI=1S/C18H24N2O2/c1-5-6-7-8-14-9-10-17-15(11-14)18(22)16(13(2)21)12-20(17)19(3)4/h9-12H,5-8H2,1-4H3. The van der Waals surface area contributed by atoms with Crippen LogP contribution >= 0.6 is 0 Å². The van der Waals surface area contributed by atoms with Gasteiger partial charge in [0.2, 0.25) is 0 Å². The lowest BCUT2D eigenvalue weighted by Gasteiger charge is -2.20. The average molecular weight is 300 g/mol. The predicted octanol–water partition coefficient (Wildman–Crippen LogP) is 3.13. The Bertz CT molecular complexity index is 745. The van der Waals surface area contributed by atoms with Gasteiger partial charge in [-0.2, -0.15) is 0 Å². The maximum atomic E-state index is 12.6. The molecule has 1 aromatic carbocycles. The van der Waals surface area contributed by atoms with Crippen molar-refractivity contribution in [1.29, 1.82) is 0 Å². The van der Waals surface area contributed by atoms with E-state index >= 15 is 0 Å². The molecule has 22 heavy (non-hydrogen) atoms. The monoisotopic (exact) mass is 300 g/mol. The van der Waals surface area contributed by atoms with Gasteiger partial charge in [-0.25, -0.2) is 0 Å². The van der Waals surface area contributed by atoms with Crippen LogP contribution in [0.25, 0.3) is 10.9 Å². The molecule has 0 bridgehead atoms. The molecule has 0 amide bonds. The Morgan fingerprint density at radius 3 is 2.55 bits per heavy atom. The number of aromatic nitrogens is 1. The Balaban J connectivity index is 2.61. The van der Waals surface area contributed by atoms with Crippen LogP contribution in [0.15, 0.2) is 29.2 Å². The summed E-state index contributed by atoms with van der Waals surface area (Å²) in [5.74, 6) is -0.195. The lowest BCUT2D eigenvalue weighted by Crippen LogP contribution is -2.29. The van der Waals surface area contributed by atoms with E-state index in [9.17, 15) is 9.59 Å². The van der Waals surface area contributed by atoms with Crippen LogP contribution in [0.3, 0.4) is 0 Å². The van der Waals surface area contributed by atoms with Gasteiger partial charge in [-0.15, -0.1) is 0 Å². The summed E-state index contributed by atoms with van der Waals surface area (Å²) in [5, 5.41) is 2.49. The Kier molecular flexibility index (Phi) is 5.01. The van der Waals surface area contributed by atoms with E-state index in [1.54, 1.807) is 6.20 Å². The van der Waals surface area contributed by atoms with Gasteiger partial charge in [-0.3, -0.25) is 14.3 Å². The number of fused-ring (bicyclic) bond motifs is 1. The number of carbonyl (C=O) groups is 1. The number of benzene rings is 1. The van der Waals surface area contributed by atoms with Crippen LogP contribution in [-0.2, 0) is 6.42 Å². The average Bonchev–Trinajstić information content (AvgIpc) is 2.47. The highest BCUT2D eigenvalue weighted by atomic mass is 16.1. The van der Waals surface area contributed by atoms with Gasteiger partial charge in [0.15, 0.2) is 11.2 Å². The van der Waals surface area contributed by atoms with Crippen molar-refractivity contribution in [3.63, 3.8) is 0 Å². The van der Waals surface area contributed by atoms with Crippen LogP contribution in [-0.4, -0.2) is 24.6 Å². The van der Waals surface area contributed by atoms with Gasteiger partial charge in [-0.05, 0) is 37.5 Å². The zero-order valence-corrected chi connectivity index (χ0v) is 13.8. The minimum Gasteiger partial charge on any atom is -0.319 e. The van der Waals surface area contributed by atoms with Gasteiger partial charge in [0.25, 0.3) is 0 Å². The van der Waals surface area contributed by atoms with Crippen LogP contribution < -0.4 is 10.4 Å². The number of rotatable bonds is 6. The van der Waals surface area contributed by atoms with E-state index in [1.807, 2.05) is 35.9 Å². The predicted molar refractivity (Wildman–Crippen MR) is 91.5 cm³/mol. The van der Waals surface area contributed by atoms with E-state index in [-0.39, 0.29) is 16.8 Å². The second-order valence-corrected chi connectivity index (χ2v) is 5.93. The van der Waals surface area contributed by atoms with Crippen molar-refractivity contribution in [2.45, 2.75) is 39.5 Å². The van der Waals surface area contributed by atoms with Crippen molar-refractivity contribution < 1.29 is 4.79 Å². The molecule has 0 aliphatic heterocycles. The van der Waals surface area contributed by atoms with Crippen molar-refractivity contribution in [3.8, 4) is 0 Å². The van der Waals surface area contributed by atoms with Crippen molar-refractivity contribution in [2.24, 2.45) is 0 Å². The van der Waals surface area contributed by atoms with Crippen LogP contribution in [0, 0.1) is 0 Å². The van der Waals surface area contributed by atoms with Crippen molar-refractivity contribution in [1.82, 2.24) is 4.68 Å². The fraction of sp³-hybridized carbons (Fsp3) is 0.444. The third kappa shape index (κ3) is 3.21. The van der Waals surface area contributed by atoms with E-state index in [4.69, 9.17) is 0 Å². The molecule has 0 aliphatic carbocycles. The first-order chi connectivity index (χ1) is 10.5. The summed E-state index contributed by atoms with van der Waals surface area (Å²) >= 11 is 0. The van der Waals surface area contributed by atoms with E-state index in [0.717, 1.165) is 23.9 Å². The number of unbranched alkanes of at least 4 members (excludes halogenated alkanes) is 2. The molecule has 0 radical (unpaired) electrons. The smallest absolute Gasteiger partial charge is 0.200 e. The zero-order chi connectivity index (χ0) is 16.3.